The minimum Gasteiger partial charge on any atom is -0.481 e. The molecular weight excluding hydrogens is 416 g/mol. The van der Waals surface area contributed by atoms with Crippen molar-refractivity contribution >= 4 is 14.3 Å². The summed E-state index contributed by atoms with van der Waals surface area (Å²) in [7, 11) is -1.91. The SMILES string of the molecule is CC(C)(C)[Si](C)(C)OC(C=CC1CCCC(O)(CC(=O)O)C1)CCCCc1ccccc1. The maximum absolute atomic E-state index is 11.2. The first-order valence-corrected chi connectivity index (χ1v) is 15.2. The van der Waals surface area contributed by atoms with Gasteiger partial charge in [0.15, 0.2) is 8.32 Å². The van der Waals surface area contributed by atoms with E-state index in [1.807, 2.05) is 0 Å². The van der Waals surface area contributed by atoms with Crippen LogP contribution >= 0.6 is 0 Å². The zero-order chi connectivity index (χ0) is 23.8. The van der Waals surface area contributed by atoms with Gasteiger partial charge < -0.3 is 14.6 Å². The van der Waals surface area contributed by atoms with E-state index in [9.17, 15) is 9.90 Å². The number of rotatable bonds is 11. The number of allylic oxidation sites excluding steroid dienone is 1. The number of aliphatic carboxylic acids is 1. The second-order valence-electron chi connectivity index (χ2n) is 11.2. The van der Waals surface area contributed by atoms with E-state index >= 15 is 0 Å². The lowest BCUT2D eigenvalue weighted by atomic mass is 9.76. The van der Waals surface area contributed by atoms with Crippen LogP contribution in [0.4, 0.5) is 0 Å². The molecule has 0 radical (unpaired) electrons. The highest BCUT2D eigenvalue weighted by Crippen LogP contribution is 2.39. The number of aliphatic hydroxyl groups is 1. The Labute approximate surface area is 196 Å². The van der Waals surface area contributed by atoms with Crippen molar-refractivity contribution in [2.45, 2.75) is 108 Å². The van der Waals surface area contributed by atoms with Crippen LogP contribution in [-0.4, -0.2) is 36.2 Å². The molecule has 0 spiro atoms. The van der Waals surface area contributed by atoms with Crippen molar-refractivity contribution in [1.29, 1.82) is 0 Å². The van der Waals surface area contributed by atoms with Gasteiger partial charge in [-0.05, 0) is 74.6 Å². The molecular formula is C27H44O4Si. The fourth-order valence-corrected chi connectivity index (χ4v) is 5.65. The molecule has 0 amide bonds. The number of carboxylic acid groups (broad SMARTS) is 1. The quantitative estimate of drug-likeness (QED) is 0.218. The van der Waals surface area contributed by atoms with Crippen molar-refractivity contribution in [2.24, 2.45) is 5.92 Å². The first-order valence-electron chi connectivity index (χ1n) is 12.2. The van der Waals surface area contributed by atoms with Crippen LogP contribution < -0.4 is 0 Å². The highest BCUT2D eigenvalue weighted by atomic mass is 28.4. The lowest BCUT2D eigenvalue weighted by molar-refractivity contribution is -0.144. The summed E-state index contributed by atoms with van der Waals surface area (Å²) in [6, 6.07) is 10.6. The average Bonchev–Trinajstić information content (AvgIpc) is 2.68. The van der Waals surface area contributed by atoms with Gasteiger partial charge >= 0.3 is 5.97 Å². The van der Waals surface area contributed by atoms with E-state index in [0.717, 1.165) is 38.5 Å². The Morgan fingerprint density at radius 3 is 2.56 bits per heavy atom. The van der Waals surface area contributed by atoms with Crippen molar-refractivity contribution in [3.8, 4) is 0 Å². The number of benzene rings is 1. The summed E-state index contributed by atoms with van der Waals surface area (Å²) in [6.45, 7) is 11.4. The molecule has 0 aromatic heterocycles. The van der Waals surface area contributed by atoms with Crippen LogP contribution in [0.3, 0.4) is 0 Å². The van der Waals surface area contributed by atoms with E-state index in [-0.39, 0.29) is 23.5 Å². The molecule has 0 aliphatic heterocycles. The number of carbonyl (C=O) groups is 1. The van der Waals surface area contributed by atoms with E-state index in [0.29, 0.717) is 12.8 Å². The monoisotopic (exact) mass is 460 g/mol. The largest absolute Gasteiger partial charge is 0.481 e. The van der Waals surface area contributed by atoms with Crippen molar-refractivity contribution in [3.05, 3.63) is 48.0 Å². The number of carboxylic acids is 1. The summed E-state index contributed by atoms with van der Waals surface area (Å²) in [5.41, 5.74) is 0.301. The maximum atomic E-state index is 11.2. The molecule has 2 N–H and O–H groups in total. The van der Waals surface area contributed by atoms with Gasteiger partial charge in [-0.1, -0.05) is 69.7 Å². The van der Waals surface area contributed by atoms with Crippen LogP contribution in [-0.2, 0) is 15.6 Å². The molecule has 5 heteroatoms. The van der Waals surface area contributed by atoms with Crippen LogP contribution in [0.5, 0.6) is 0 Å². The molecule has 0 bridgehead atoms. The Balaban J connectivity index is 2.00. The maximum Gasteiger partial charge on any atom is 0.306 e. The van der Waals surface area contributed by atoms with Crippen molar-refractivity contribution in [1.82, 2.24) is 0 Å². The zero-order valence-corrected chi connectivity index (χ0v) is 21.8. The smallest absolute Gasteiger partial charge is 0.306 e. The lowest BCUT2D eigenvalue weighted by Crippen LogP contribution is -2.43. The van der Waals surface area contributed by atoms with Gasteiger partial charge in [0.25, 0.3) is 0 Å². The molecule has 4 nitrogen and oxygen atoms in total. The molecule has 0 heterocycles. The van der Waals surface area contributed by atoms with E-state index in [2.05, 4.69) is 76.3 Å². The van der Waals surface area contributed by atoms with Gasteiger partial charge in [-0.25, -0.2) is 0 Å². The molecule has 180 valence electrons. The van der Waals surface area contributed by atoms with Gasteiger partial charge in [-0.15, -0.1) is 0 Å². The fourth-order valence-electron chi connectivity index (χ4n) is 4.34. The fraction of sp³-hybridized carbons (Fsp3) is 0.667. The molecule has 32 heavy (non-hydrogen) atoms. The van der Waals surface area contributed by atoms with Gasteiger partial charge in [0.05, 0.1) is 18.1 Å². The van der Waals surface area contributed by atoms with Crippen LogP contribution in [0.1, 0.15) is 77.7 Å². The second kappa shape index (κ2) is 11.6. The molecule has 1 fully saturated rings. The Morgan fingerprint density at radius 1 is 1.25 bits per heavy atom. The third-order valence-electron chi connectivity index (χ3n) is 7.24. The van der Waals surface area contributed by atoms with Gasteiger partial charge in [0.2, 0.25) is 0 Å². The predicted molar refractivity (Wildman–Crippen MR) is 134 cm³/mol. The molecule has 0 saturated heterocycles. The van der Waals surface area contributed by atoms with Crippen molar-refractivity contribution in [3.63, 3.8) is 0 Å². The normalized spacial score (nSPS) is 23.4. The molecule has 1 aromatic carbocycles. The third kappa shape index (κ3) is 8.84. The van der Waals surface area contributed by atoms with Crippen LogP contribution in [0.2, 0.25) is 18.1 Å². The second-order valence-corrected chi connectivity index (χ2v) is 15.9. The standard InChI is InChI=1S/C27H44O4Si/c1-26(2,3)32(4,5)31-24(16-10-9-14-22-12-7-6-8-13-22)18-17-23-15-11-19-27(30,20-23)21-25(28)29/h6-8,12-13,17-18,23-24,30H,9-11,14-16,19-21H2,1-5H3,(H,28,29). The summed E-state index contributed by atoms with van der Waals surface area (Å²) in [5.74, 6) is -0.711. The molecule has 1 aliphatic rings. The van der Waals surface area contributed by atoms with Gasteiger partial charge in [-0.2, -0.15) is 0 Å². The number of hydrogen-bond donors (Lipinski definition) is 2. The van der Waals surface area contributed by atoms with Crippen molar-refractivity contribution < 1.29 is 19.4 Å². The molecule has 1 saturated carbocycles. The Bertz CT molecular complexity index is 738. The van der Waals surface area contributed by atoms with E-state index in [4.69, 9.17) is 9.53 Å². The van der Waals surface area contributed by atoms with Crippen LogP contribution in [0.15, 0.2) is 42.5 Å². The Hall–Kier alpha value is -1.43. The molecule has 1 aliphatic carbocycles. The third-order valence-corrected chi connectivity index (χ3v) is 11.7. The van der Waals surface area contributed by atoms with E-state index in [1.54, 1.807) is 0 Å². The van der Waals surface area contributed by atoms with Gasteiger partial charge in [0, 0.05) is 0 Å². The number of hydrogen-bond acceptors (Lipinski definition) is 3. The molecule has 3 unspecified atom stereocenters. The number of aryl methyl sites for hydroxylation is 1. The van der Waals surface area contributed by atoms with E-state index in [1.165, 1.54) is 5.56 Å². The highest BCUT2D eigenvalue weighted by Gasteiger charge is 2.39. The van der Waals surface area contributed by atoms with Crippen LogP contribution in [0, 0.1) is 5.92 Å². The molecule has 1 aromatic rings. The average molecular weight is 461 g/mol. The molecule has 3 atom stereocenters. The minimum atomic E-state index is -1.91. The Kier molecular flexibility index (Phi) is 9.74. The predicted octanol–water partition coefficient (Wildman–Crippen LogP) is 6.74. The lowest BCUT2D eigenvalue weighted by Gasteiger charge is -2.39. The number of unbranched alkanes of at least 4 members (excludes halogenated alkanes) is 1. The summed E-state index contributed by atoms with van der Waals surface area (Å²) in [4.78, 5) is 11.2. The Morgan fingerprint density at radius 2 is 1.94 bits per heavy atom. The summed E-state index contributed by atoms with van der Waals surface area (Å²) < 4.78 is 6.76. The first kappa shape index (κ1) is 26.8. The summed E-state index contributed by atoms with van der Waals surface area (Å²) >= 11 is 0. The zero-order valence-electron chi connectivity index (χ0n) is 20.8. The topological polar surface area (TPSA) is 66.8 Å². The molecule has 2 rings (SSSR count). The highest BCUT2D eigenvalue weighted by molar-refractivity contribution is 6.74. The van der Waals surface area contributed by atoms with Gasteiger partial charge in [0.1, 0.15) is 0 Å². The summed E-state index contributed by atoms with van der Waals surface area (Å²) in [5, 5.41) is 20.0. The van der Waals surface area contributed by atoms with Crippen LogP contribution in [0.25, 0.3) is 0 Å². The summed E-state index contributed by atoms with van der Waals surface area (Å²) in [6.07, 6.45) is 11.6. The first-order chi connectivity index (χ1) is 14.9. The van der Waals surface area contributed by atoms with Gasteiger partial charge in [-0.3, -0.25) is 4.79 Å². The van der Waals surface area contributed by atoms with E-state index < -0.39 is 19.9 Å². The minimum absolute atomic E-state index is 0.0705. The van der Waals surface area contributed by atoms with Crippen molar-refractivity contribution in [2.75, 3.05) is 0 Å².